The van der Waals surface area contributed by atoms with Crippen molar-refractivity contribution in [2.45, 2.75) is 18.9 Å². The van der Waals surface area contributed by atoms with E-state index in [1.807, 2.05) is 52.9 Å². The number of nitrogens with zero attached hydrogens (tertiary/aromatic N) is 7. The molecule has 8 rings (SSSR count). The second-order valence-electron chi connectivity index (χ2n) is 13.5. The Morgan fingerprint density at radius 3 is 2.42 bits per heavy atom. The number of amides is 1. The minimum Gasteiger partial charge on any atom is -0.494 e. The third-order valence-electron chi connectivity index (χ3n) is 10.3. The summed E-state index contributed by atoms with van der Waals surface area (Å²) in [7, 11) is 1.66. The summed E-state index contributed by atoms with van der Waals surface area (Å²) < 4.78 is 38.9. The molecule has 2 N–H and O–H groups in total. The van der Waals surface area contributed by atoms with Gasteiger partial charge in [0, 0.05) is 80.6 Å². The molecule has 0 atom stereocenters. The maximum absolute atomic E-state index is 14.3. The standard InChI is InChI=1S/C41H41F2N9O2S/c1-54-35-26-30(49-19-15-29(16-20-49)50-21-23-51(55-2)24-22-50)12-13-33(35)45-41-44-17-14-34(46-41)39-37(47-36-11-3-4-18-52(36)39)27-7-5-8-28(25-27)40(53)48-38-31(42)9-6-10-32(38)43/h3-14,17-18,25-26,29H,15-16,19-24H2,1-2H3,(H,48,53)(H,44,45,46). The second kappa shape index (κ2) is 16.0. The van der Waals surface area contributed by atoms with Crippen molar-refractivity contribution in [3.8, 4) is 28.4 Å². The third kappa shape index (κ3) is 7.70. The molecule has 2 saturated heterocycles. The predicted octanol–water partition coefficient (Wildman–Crippen LogP) is 7.61. The van der Waals surface area contributed by atoms with Crippen LogP contribution in [0.5, 0.6) is 5.75 Å². The van der Waals surface area contributed by atoms with Crippen molar-refractivity contribution in [1.29, 1.82) is 0 Å². The smallest absolute Gasteiger partial charge is 0.255 e. The molecule has 0 bridgehead atoms. The van der Waals surface area contributed by atoms with Crippen molar-refractivity contribution < 1.29 is 18.3 Å². The van der Waals surface area contributed by atoms with Gasteiger partial charge in [0.15, 0.2) is 0 Å². The van der Waals surface area contributed by atoms with Crippen LogP contribution in [0.2, 0.25) is 0 Å². The first kappa shape index (κ1) is 36.4. The molecule has 11 nitrogen and oxygen atoms in total. The number of nitrogens with one attached hydrogen (secondary N) is 2. The lowest BCUT2D eigenvalue weighted by Gasteiger charge is -2.42. The van der Waals surface area contributed by atoms with Crippen molar-refractivity contribution in [2.24, 2.45) is 0 Å². The Morgan fingerprint density at radius 1 is 0.873 bits per heavy atom. The van der Waals surface area contributed by atoms with Gasteiger partial charge in [-0.1, -0.05) is 36.2 Å². The molecule has 0 radical (unpaired) electrons. The summed E-state index contributed by atoms with van der Waals surface area (Å²) >= 11 is 1.84. The van der Waals surface area contributed by atoms with E-state index in [1.54, 1.807) is 37.6 Å². The van der Waals surface area contributed by atoms with Crippen LogP contribution < -0.4 is 20.3 Å². The number of rotatable bonds is 10. The minimum atomic E-state index is -0.861. The van der Waals surface area contributed by atoms with Crippen LogP contribution in [0.15, 0.2) is 97.3 Å². The fraction of sp³-hybridized carbons (Fsp3) is 0.268. The minimum absolute atomic E-state index is 0.206. The van der Waals surface area contributed by atoms with Crippen LogP contribution in [0, 0.1) is 11.6 Å². The molecule has 3 aromatic heterocycles. The van der Waals surface area contributed by atoms with E-state index in [1.165, 1.54) is 6.07 Å². The number of fused-ring (bicyclic) bond motifs is 1. The molecule has 0 saturated carbocycles. The number of hydrogen-bond acceptors (Lipinski definition) is 10. The first-order chi connectivity index (χ1) is 26.9. The van der Waals surface area contributed by atoms with E-state index in [9.17, 15) is 13.6 Å². The number of carbonyl (C=O) groups excluding carboxylic acids is 1. The topological polar surface area (TPSA) is 103 Å². The molecule has 14 heteroatoms. The Morgan fingerprint density at radius 2 is 1.65 bits per heavy atom. The summed E-state index contributed by atoms with van der Waals surface area (Å²) in [5.41, 5.74) is 4.67. The summed E-state index contributed by atoms with van der Waals surface area (Å²) in [6.45, 7) is 6.50. The van der Waals surface area contributed by atoms with Gasteiger partial charge in [0.1, 0.15) is 28.7 Å². The Kier molecular flexibility index (Phi) is 10.6. The second-order valence-corrected chi connectivity index (χ2v) is 14.4. The van der Waals surface area contributed by atoms with Crippen molar-refractivity contribution in [2.75, 3.05) is 68.2 Å². The Bertz CT molecular complexity index is 2300. The Hall–Kier alpha value is -5.57. The maximum Gasteiger partial charge on any atom is 0.255 e. The van der Waals surface area contributed by atoms with Crippen molar-refractivity contribution in [3.05, 3.63) is 115 Å². The van der Waals surface area contributed by atoms with Gasteiger partial charge in [0.2, 0.25) is 5.95 Å². The van der Waals surface area contributed by atoms with Crippen LogP contribution in [0.4, 0.5) is 31.8 Å². The van der Waals surface area contributed by atoms with Crippen LogP contribution in [0.3, 0.4) is 0 Å². The maximum atomic E-state index is 14.3. The Balaban J connectivity index is 1.02. The summed E-state index contributed by atoms with van der Waals surface area (Å²) in [5, 5.41) is 5.72. The monoisotopic (exact) mass is 761 g/mol. The quantitative estimate of drug-likeness (QED) is 0.136. The molecule has 0 spiro atoms. The first-order valence-electron chi connectivity index (χ1n) is 18.3. The number of imidazole rings is 1. The molecular formula is C41H41F2N9O2S. The number of piperidine rings is 1. The fourth-order valence-electron chi connectivity index (χ4n) is 7.44. The van der Waals surface area contributed by atoms with Crippen LogP contribution in [-0.2, 0) is 0 Å². The summed E-state index contributed by atoms with van der Waals surface area (Å²) in [5.74, 6) is -1.33. The van der Waals surface area contributed by atoms with Crippen LogP contribution in [0.1, 0.15) is 23.2 Å². The van der Waals surface area contributed by atoms with E-state index in [0.29, 0.717) is 46.0 Å². The molecule has 3 aromatic carbocycles. The SMILES string of the molecule is COc1cc(N2CCC(N3CCN(SC)CC3)CC2)ccc1Nc1nccc(-c2c(-c3cccc(C(=O)Nc4c(F)cccc4F)c3)nc3ccccn23)n1. The van der Waals surface area contributed by atoms with Crippen molar-refractivity contribution in [1.82, 2.24) is 28.6 Å². The van der Waals surface area contributed by atoms with Gasteiger partial charge in [0.05, 0.1) is 29.9 Å². The predicted molar refractivity (Wildman–Crippen MR) is 214 cm³/mol. The molecule has 0 unspecified atom stereocenters. The van der Waals surface area contributed by atoms with Gasteiger partial charge in [-0.25, -0.2) is 28.0 Å². The summed E-state index contributed by atoms with van der Waals surface area (Å²) in [6, 6.07) is 24.4. The van der Waals surface area contributed by atoms with Gasteiger partial charge in [-0.2, -0.15) is 0 Å². The normalized spacial score (nSPS) is 15.7. The highest BCUT2D eigenvalue weighted by Gasteiger charge is 2.28. The lowest BCUT2D eigenvalue weighted by Crippen LogP contribution is -2.51. The largest absolute Gasteiger partial charge is 0.494 e. The number of carbonyl (C=O) groups is 1. The number of halogens is 2. The number of piperazine rings is 1. The van der Waals surface area contributed by atoms with Gasteiger partial charge in [-0.3, -0.25) is 14.1 Å². The number of para-hydroxylation sites is 1. The molecular weight excluding hydrogens is 721 g/mol. The lowest BCUT2D eigenvalue weighted by molar-refractivity contribution is 0.102. The molecule has 282 valence electrons. The summed E-state index contributed by atoms with van der Waals surface area (Å²) in [4.78, 5) is 32.6. The molecule has 2 fully saturated rings. The van der Waals surface area contributed by atoms with Gasteiger partial charge in [-0.05, 0) is 73.7 Å². The van der Waals surface area contributed by atoms with E-state index in [4.69, 9.17) is 14.7 Å². The van der Waals surface area contributed by atoms with Gasteiger partial charge >= 0.3 is 0 Å². The highest BCUT2D eigenvalue weighted by Crippen LogP contribution is 2.36. The van der Waals surface area contributed by atoms with E-state index in [-0.39, 0.29) is 5.56 Å². The van der Waals surface area contributed by atoms with E-state index < -0.39 is 23.2 Å². The molecule has 1 amide bonds. The van der Waals surface area contributed by atoms with Crippen molar-refractivity contribution in [3.63, 3.8) is 0 Å². The number of aromatic nitrogens is 4. The Labute approximate surface area is 322 Å². The molecule has 5 heterocycles. The molecule has 6 aromatic rings. The molecule has 2 aliphatic rings. The highest BCUT2D eigenvalue weighted by molar-refractivity contribution is 7.96. The first-order valence-corrected chi connectivity index (χ1v) is 19.5. The fourth-order valence-corrected chi connectivity index (χ4v) is 7.97. The lowest BCUT2D eigenvalue weighted by atomic mass is 10.0. The van der Waals surface area contributed by atoms with Crippen LogP contribution in [0.25, 0.3) is 28.3 Å². The zero-order valence-electron chi connectivity index (χ0n) is 30.6. The third-order valence-corrected chi connectivity index (χ3v) is 11.2. The van der Waals surface area contributed by atoms with Crippen molar-refractivity contribution >= 4 is 46.5 Å². The molecule has 2 aliphatic heterocycles. The molecule has 0 aliphatic carbocycles. The van der Waals surface area contributed by atoms with Gasteiger partial charge < -0.3 is 20.3 Å². The highest BCUT2D eigenvalue weighted by atomic mass is 32.2. The number of hydrogen-bond donors (Lipinski definition) is 2. The zero-order chi connectivity index (χ0) is 37.9. The number of methoxy groups -OCH3 is 1. The van der Waals surface area contributed by atoms with Gasteiger partial charge in [-0.15, -0.1) is 0 Å². The number of ether oxygens (including phenoxy) is 1. The zero-order valence-corrected chi connectivity index (χ0v) is 31.4. The van der Waals surface area contributed by atoms with E-state index in [0.717, 1.165) is 75.6 Å². The summed E-state index contributed by atoms with van der Waals surface area (Å²) in [6.07, 6.45) is 8.00. The van der Waals surface area contributed by atoms with Crippen LogP contribution in [-0.4, -0.2) is 93.1 Å². The van der Waals surface area contributed by atoms with Crippen LogP contribution >= 0.6 is 11.9 Å². The van der Waals surface area contributed by atoms with E-state index >= 15 is 0 Å². The molecule has 55 heavy (non-hydrogen) atoms. The average Bonchev–Trinajstić information content (AvgIpc) is 3.62. The van der Waals surface area contributed by atoms with E-state index in [2.05, 4.69) is 48.1 Å². The average molecular weight is 762 g/mol. The number of benzene rings is 3. The number of anilines is 4. The van der Waals surface area contributed by atoms with Gasteiger partial charge in [0.25, 0.3) is 5.91 Å². The number of pyridine rings is 1.